The molecule has 0 aliphatic rings. The second kappa shape index (κ2) is 7.49. The molecule has 0 aliphatic heterocycles. The highest BCUT2D eigenvalue weighted by molar-refractivity contribution is 6.31. The van der Waals surface area contributed by atoms with Crippen LogP contribution in [0.25, 0.3) is 0 Å². The molecule has 3 aromatic rings. The van der Waals surface area contributed by atoms with Crippen molar-refractivity contribution in [3.8, 4) is 0 Å². The van der Waals surface area contributed by atoms with Gasteiger partial charge < -0.3 is 10.6 Å². The summed E-state index contributed by atoms with van der Waals surface area (Å²) >= 11 is 6.08. The Kier molecular flexibility index (Phi) is 5.14. The number of rotatable bonds is 4. The second-order valence-corrected chi connectivity index (χ2v) is 6.15. The molecule has 0 radical (unpaired) electrons. The van der Waals surface area contributed by atoms with Crippen LogP contribution in [0.15, 0.2) is 48.5 Å². The highest BCUT2D eigenvalue weighted by Crippen LogP contribution is 2.21. The number of nitrogens with zero attached hydrogens (tertiary/aromatic N) is 2. The maximum Gasteiger partial charge on any atom is 0.274 e. The monoisotopic (exact) mass is 370 g/mol. The maximum atomic E-state index is 13.3. The van der Waals surface area contributed by atoms with E-state index in [2.05, 4.69) is 20.6 Å². The van der Waals surface area contributed by atoms with Gasteiger partial charge in [0, 0.05) is 22.5 Å². The molecule has 7 heteroatoms. The van der Waals surface area contributed by atoms with Gasteiger partial charge in [0.15, 0.2) is 0 Å². The normalized spacial score (nSPS) is 10.5. The zero-order chi connectivity index (χ0) is 18.7. The van der Waals surface area contributed by atoms with Gasteiger partial charge in [-0.2, -0.15) is 0 Å². The zero-order valence-electron chi connectivity index (χ0n) is 14.2. The van der Waals surface area contributed by atoms with Gasteiger partial charge in [0.1, 0.15) is 23.2 Å². The molecule has 1 amide bonds. The molecule has 26 heavy (non-hydrogen) atoms. The number of hydrogen-bond donors (Lipinski definition) is 2. The third-order valence-electron chi connectivity index (χ3n) is 3.60. The number of anilines is 3. The Morgan fingerprint density at radius 3 is 2.58 bits per heavy atom. The first-order chi connectivity index (χ1) is 12.4. The van der Waals surface area contributed by atoms with Gasteiger partial charge in [-0.25, -0.2) is 14.4 Å². The van der Waals surface area contributed by atoms with Gasteiger partial charge in [0.2, 0.25) is 0 Å². The Morgan fingerprint density at radius 1 is 1.04 bits per heavy atom. The number of amides is 1. The lowest BCUT2D eigenvalue weighted by Gasteiger charge is -2.10. The second-order valence-electron chi connectivity index (χ2n) is 5.74. The molecule has 0 fully saturated rings. The van der Waals surface area contributed by atoms with Crippen LogP contribution < -0.4 is 10.6 Å². The van der Waals surface area contributed by atoms with E-state index in [0.717, 1.165) is 5.56 Å². The molecule has 0 saturated carbocycles. The van der Waals surface area contributed by atoms with Crippen molar-refractivity contribution >= 4 is 34.7 Å². The molecule has 0 spiro atoms. The quantitative estimate of drug-likeness (QED) is 0.686. The Morgan fingerprint density at radius 2 is 1.85 bits per heavy atom. The number of aromatic nitrogens is 2. The summed E-state index contributed by atoms with van der Waals surface area (Å²) in [6.45, 7) is 3.56. The number of benzene rings is 2. The van der Waals surface area contributed by atoms with Crippen molar-refractivity contribution in [1.29, 1.82) is 0 Å². The van der Waals surface area contributed by atoms with E-state index < -0.39 is 5.91 Å². The third kappa shape index (κ3) is 4.34. The summed E-state index contributed by atoms with van der Waals surface area (Å²) in [6, 6.07) is 12.7. The van der Waals surface area contributed by atoms with Crippen LogP contribution in [0.3, 0.4) is 0 Å². The van der Waals surface area contributed by atoms with E-state index in [0.29, 0.717) is 28.0 Å². The Bertz CT molecular complexity index is 978. The largest absolute Gasteiger partial charge is 0.340 e. The highest BCUT2D eigenvalue weighted by atomic mass is 35.5. The molecular weight excluding hydrogens is 355 g/mol. The molecule has 132 valence electrons. The van der Waals surface area contributed by atoms with Gasteiger partial charge in [0.05, 0.1) is 0 Å². The number of nitrogens with one attached hydrogen (secondary N) is 2. The van der Waals surface area contributed by atoms with E-state index in [9.17, 15) is 9.18 Å². The molecule has 5 nitrogen and oxygen atoms in total. The summed E-state index contributed by atoms with van der Waals surface area (Å²) in [5, 5.41) is 6.29. The molecule has 1 aromatic heterocycles. The molecular formula is C19H16ClFN4O. The van der Waals surface area contributed by atoms with Crippen molar-refractivity contribution in [1.82, 2.24) is 9.97 Å². The van der Waals surface area contributed by atoms with Gasteiger partial charge in [0.25, 0.3) is 5.91 Å². The molecule has 0 unspecified atom stereocenters. The average molecular weight is 371 g/mol. The summed E-state index contributed by atoms with van der Waals surface area (Å²) in [6.07, 6.45) is 0. The van der Waals surface area contributed by atoms with Crippen LogP contribution in [-0.2, 0) is 0 Å². The van der Waals surface area contributed by atoms with Gasteiger partial charge in [-0.1, -0.05) is 23.7 Å². The fourth-order valence-corrected chi connectivity index (χ4v) is 2.51. The van der Waals surface area contributed by atoms with Crippen LogP contribution in [-0.4, -0.2) is 15.9 Å². The van der Waals surface area contributed by atoms with Crippen LogP contribution in [0.5, 0.6) is 0 Å². The maximum absolute atomic E-state index is 13.3. The van der Waals surface area contributed by atoms with Crippen LogP contribution in [0.1, 0.15) is 21.9 Å². The van der Waals surface area contributed by atoms with Gasteiger partial charge >= 0.3 is 0 Å². The van der Waals surface area contributed by atoms with Crippen LogP contribution in [0, 0.1) is 19.7 Å². The first kappa shape index (κ1) is 17.8. The fourth-order valence-electron chi connectivity index (χ4n) is 2.33. The SMILES string of the molecule is Cc1nc(Nc2cccc(F)c2)cc(C(=O)Nc2ccc(C)c(Cl)c2)n1. The van der Waals surface area contributed by atoms with Gasteiger partial charge in [-0.05, 0) is 49.7 Å². The van der Waals surface area contributed by atoms with E-state index >= 15 is 0 Å². The lowest BCUT2D eigenvalue weighted by Crippen LogP contribution is -2.15. The molecule has 0 saturated heterocycles. The van der Waals surface area contributed by atoms with E-state index in [4.69, 9.17) is 11.6 Å². The van der Waals surface area contributed by atoms with Crippen LogP contribution in [0.2, 0.25) is 5.02 Å². The van der Waals surface area contributed by atoms with E-state index in [1.165, 1.54) is 18.2 Å². The van der Waals surface area contributed by atoms with Gasteiger partial charge in [-0.15, -0.1) is 0 Å². The first-order valence-corrected chi connectivity index (χ1v) is 8.24. The summed E-state index contributed by atoms with van der Waals surface area (Å²) in [7, 11) is 0. The highest BCUT2D eigenvalue weighted by Gasteiger charge is 2.12. The van der Waals surface area contributed by atoms with Crippen molar-refractivity contribution < 1.29 is 9.18 Å². The van der Waals surface area contributed by atoms with Crippen LogP contribution >= 0.6 is 11.6 Å². The van der Waals surface area contributed by atoms with Crippen LogP contribution in [0.4, 0.5) is 21.6 Å². The average Bonchev–Trinajstić information content (AvgIpc) is 2.57. The van der Waals surface area contributed by atoms with Crippen molar-refractivity contribution in [2.24, 2.45) is 0 Å². The predicted molar refractivity (Wildman–Crippen MR) is 101 cm³/mol. The summed E-state index contributed by atoms with van der Waals surface area (Å²) in [4.78, 5) is 20.9. The standard InChI is InChI=1S/C19H16ClFN4O/c1-11-6-7-15(9-16(11)20)25-19(26)17-10-18(23-12(2)22-17)24-14-5-3-4-13(21)8-14/h3-10H,1-2H3,(H,25,26)(H,22,23,24). The molecule has 3 rings (SSSR count). The summed E-state index contributed by atoms with van der Waals surface area (Å²) in [5.74, 6) is 0.0568. The van der Waals surface area contributed by atoms with E-state index in [-0.39, 0.29) is 11.5 Å². The number of aryl methyl sites for hydroxylation is 2. The molecule has 0 atom stereocenters. The third-order valence-corrected chi connectivity index (χ3v) is 4.00. The molecule has 0 aliphatic carbocycles. The minimum atomic E-state index is -0.391. The van der Waals surface area contributed by atoms with Gasteiger partial charge in [-0.3, -0.25) is 4.79 Å². The number of halogens is 2. The zero-order valence-corrected chi connectivity index (χ0v) is 14.9. The van der Waals surface area contributed by atoms with Crippen molar-refractivity contribution in [2.45, 2.75) is 13.8 Å². The smallest absolute Gasteiger partial charge is 0.274 e. The van der Waals surface area contributed by atoms with E-state index in [1.807, 2.05) is 13.0 Å². The minimum absolute atomic E-state index is 0.188. The number of hydrogen-bond acceptors (Lipinski definition) is 4. The van der Waals surface area contributed by atoms with E-state index in [1.54, 1.807) is 31.2 Å². The molecule has 1 heterocycles. The van der Waals surface area contributed by atoms with Crippen molar-refractivity contribution in [3.05, 3.63) is 76.5 Å². The Labute approximate surface area is 155 Å². The molecule has 0 bridgehead atoms. The predicted octanol–water partition coefficient (Wildman–Crippen LogP) is 4.88. The summed E-state index contributed by atoms with van der Waals surface area (Å²) < 4.78 is 13.3. The lowest BCUT2D eigenvalue weighted by molar-refractivity contribution is 0.102. The number of carbonyl (C=O) groups excluding carboxylic acids is 1. The lowest BCUT2D eigenvalue weighted by atomic mass is 10.2. The van der Waals surface area contributed by atoms with Crippen molar-refractivity contribution in [2.75, 3.05) is 10.6 Å². The first-order valence-electron chi connectivity index (χ1n) is 7.86. The Balaban J connectivity index is 1.82. The molecule has 2 aromatic carbocycles. The molecule has 2 N–H and O–H groups in total. The van der Waals surface area contributed by atoms with Crippen molar-refractivity contribution in [3.63, 3.8) is 0 Å². The Hall–Kier alpha value is -2.99. The fraction of sp³-hybridized carbons (Fsp3) is 0.105. The summed E-state index contributed by atoms with van der Waals surface area (Å²) in [5.41, 5.74) is 2.21. The number of carbonyl (C=O) groups is 1. The minimum Gasteiger partial charge on any atom is -0.340 e. The topological polar surface area (TPSA) is 66.9 Å².